The fourth-order valence-corrected chi connectivity index (χ4v) is 1.58. The van der Waals surface area contributed by atoms with Crippen molar-refractivity contribution in [2.24, 2.45) is 0 Å². The number of nitrogens with zero attached hydrogens (tertiary/aromatic N) is 2. The Morgan fingerprint density at radius 2 is 1.94 bits per heavy atom. The Hall–Kier alpha value is -1.68. The first-order valence-corrected chi connectivity index (χ1v) is 5.37. The largest absolute Gasteiger partial charge is 0.436 e. The second-order valence-electron chi connectivity index (χ2n) is 3.65. The summed E-state index contributed by atoms with van der Waals surface area (Å²) in [6.07, 6.45) is 0. The van der Waals surface area contributed by atoms with Crippen LogP contribution in [-0.4, -0.2) is 9.97 Å². The van der Waals surface area contributed by atoms with Crippen LogP contribution in [0, 0.1) is 19.7 Å². The lowest BCUT2D eigenvalue weighted by Gasteiger charge is -2.07. The van der Waals surface area contributed by atoms with Crippen LogP contribution < -0.4 is 4.74 Å². The summed E-state index contributed by atoms with van der Waals surface area (Å²) in [4.78, 5) is 7.76. The van der Waals surface area contributed by atoms with Gasteiger partial charge in [-0.15, -0.1) is 0 Å². The van der Waals surface area contributed by atoms with Crippen molar-refractivity contribution >= 4 is 11.6 Å². The Kier molecular flexibility index (Phi) is 3.24. The molecule has 5 heteroatoms. The van der Waals surface area contributed by atoms with E-state index in [0.29, 0.717) is 5.69 Å². The van der Waals surface area contributed by atoms with E-state index in [9.17, 15) is 4.39 Å². The van der Waals surface area contributed by atoms with E-state index in [1.807, 2.05) is 6.92 Å². The highest BCUT2D eigenvalue weighted by atomic mass is 35.5. The van der Waals surface area contributed by atoms with Crippen molar-refractivity contribution in [3.8, 4) is 11.6 Å². The average Bonchev–Trinajstić information content (AvgIpc) is 2.22. The van der Waals surface area contributed by atoms with E-state index in [2.05, 4.69) is 9.97 Å². The van der Waals surface area contributed by atoms with Crippen LogP contribution in [0.1, 0.15) is 11.3 Å². The Morgan fingerprint density at radius 3 is 2.65 bits per heavy atom. The fraction of sp³-hybridized carbons (Fsp3) is 0.167. The first-order valence-electron chi connectivity index (χ1n) is 5.00. The zero-order valence-corrected chi connectivity index (χ0v) is 10.1. The fourth-order valence-electron chi connectivity index (χ4n) is 1.36. The SMILES string of the molecule is Cc1ccc(F)c(Oc2cc(C)nc(Cl)n2)c1. The van der Waals surface area contributed by atoms with E-state index in [0.717, 1.165) is 5.56 Å². The van der Waals surface area contributed by atoms with Gasteiger partial charge in [0.25, 0.3) is 0 Å². The number of rotatable bonds is 2. The summed E-state index contributed by atoms with van der Waals surface area (Å²) in [6, 6.07) is 6.20. The first kappa shape index (κ1) is 11.8. The molecule has 0 atom stereocenters. The van der Waals surface area contributed by atoms with Crippen LogP contribution in [0.3, 0.4) is 0 Å². The molecule has 1 heterocycles. The molecule has 0 saturated heterocycles. The van der Waals surface area contributed by atoms with Gasteiger partial charge in [-0.25, -0.2) is 9.37 Å². The lowest BCUT2D eigenvalue weighted by atomic mass is 10.2. The van der Waals surface area contributed by atoms with Gasteiger partial charge in [-0.1, -0.05) is 6.07 Å². The normalized spacial score (nSPS) is 10.4. The van der Waals surface area contributed by atoms with Crippen LogP contribution in [-0.2, 0) is 0 Å². The molecule has 2 aromatic rings. The third-order valence-electron chi connectivity index (χ3n) is 2.10. The van der Waals surface area contributed by atoms with Crippen molar-refractivity contribution in [1.82, 2.24) is 9.97 Å². The summed E-state index contributed by atoms with van der Waals surface area (Å²) >= 11 is 5.69. The zero-order chi connectivity index (χ0) is 12.4. The van der Waals surface area contributed by atoms with E-state index in [4.69, 9.17) is 16.3 Å². The topological polar surface area (TPSA) is 35.0 Å². The minimum atomic E-state index is -0.442. The minimum absolute atomic E-state index is 0.0769. The van der Waals surface area contributed by atoms with Crippen molar-refractivity contribution < 1.29 is 9.13 Å². The maximum absolute atomic E-state index is 13.5. The van der Waals surface area contributed by atoms with Gasteiger partial charge < -0.3 is 4.74 Å². The third kappa shape index (κ3) is 2.91. The molecule has 0 fully saturated rings. The minimum Gasteiger partial charge on any atom is -0.436 e. The highest BCUT2D eigenvalue weighted by Crippen LogP contribution is 2.25. The van der Waals surface area contributed by atoms with Crippen molar-refractivity contribution in [2.45, 2.75) is 13.8 Å². The van der Waals surface area contributed by atoms with Crippen molar-refractivity contribution in [1.29, 1.82) is 0 Å². The molecule has 3 nitrogen and oxygen atoms in total. The maximum atomic E-state index is 13.5. The van der Waals surface area contributed by atoms with Crippen LogP contribution in [0.15, 0.2) is 24.3 Å². The molecular weight excluding hydrogens is 243 g/mol. The quantitative estimate of drug-likeness (QED) is 0.765. The molecular formula is C12H10ClFN2O. The van der Waals surface area contributed by atoms with E-state index >= 15 is 0 Å². The van der Waals surface area contributed by atoms with E-state index < -0.39 is 5.82 Å². The second kappa shape index (κ2) is 4.67. The van der Waals surface area contributed by atoms with Gasteiger partial charge in [0.15, 0.2) is 11.6 Å². The molecule has 1 aromatic heterocycles. The van der Waals surface area contributed by atoms with Crippen LogP contribution in [0.5, 0.6) is 11.6 Å². The molecule has 0 aliphatic heterocycles. The highest BCUT2D eigenvalue weighted by molar-refractivity contribution is 6.28. The molecule has 88 valence electrons. The molecule has 0 amide bonds. The smallest absolute Gasteiger partial charge is 0.225 e. The van der Waals surface area contributed by atoms with E-state index in [-0.39, 0.29) is 16.9 Å². The predicted molar refractivity (Wildman–Crippen MR) is 63.0 cm³/mol. The maximum Gasteiger partial charge on any atom is 0.225 e. The number of aryl methyl sites for hydroxylation is 2. The molecule has 0 bridgehead atoms. The van der Waals surface area contributed by atoms with E-state index in [1.54, 1.807) is 25.1 Å². The summed E-state index contributed by atoms with van der Waals surface area (Å²) in [7, 11) is 0. The molecule has 1 aromatic carbocycles. The second-order valence-corrected chi connectivity index (χ2v) is 3.99. The van der Waals surface area contributed by atoms with Gasteiger partial charge in [-0.3, -0.25) is 0 Å². The van der Waals surface area contributed by atoms with Crippen LogP contribution in [0.2, 0.25) is 5.28 Å². The van der Waals surface area contributed by atoms with Crippen LogP contribution >= 0.6 is 11.6 Å². The number of ether oxygens (including phenoxy) is 1. The summed E-state index contributed by atoms with van der Waals surface area (Å²) in [5.74, 6) is -0.0887. The van der Waals surface area contributed by atoms with Gasteiger partial charge >= 0.3 is 0 Å². The average molecular weight is 253 g/mol. The number of benzene rings is 1. The van der Waals surface area contributed by atoms with Gasteiger partial charge in [0.05, 0.1) is 0 Å². The molecule has 0 aliphatic rings. The molecule has 2 rings (SSSR count). The summed E-state index contributed by atoms with van der Waals surface area (Å²) in [5.41, 5.74) is 1.56. The predicted octanol–water partition coefficient (Wildman–Crippen LogP) is 3.68. The van der Waals surface area contributed by atoms with Gasteiger partial charge in [-0.05, 0) is 43.1 Å². The molecule has 0 aliphatic carbocycles. The van der Waals surface area contributed by atoms with Crippen molar-refractivity contribution in [3.05, 3.63) is 46.6 Å². The number of hydrogen-bond donors (Lipinski definition) is 0. The molecule has 0 unspecified atom stereocenters. The lowest BCUT2D eigenvalue weighted by molar-refractivity contribution is 0.425. The number of aromatic nitrogens is 2. The Bertz CT molecular complexity index is 540. The summed E-state index contributed by atoms with van der Waals surface area (Å²) < 4.78 is 18.8. The molecule has 0 N–H and O–H groups in total. The van der Waals surface area contributed by atoms with Crippen molar-refractivity contribution in [3.63, 3.8) is 0 Å². The summed E-state index contributed by atoms with van der Waals surface area (Å²) in [5, 5.41) is 0.0769. The molecule has 17 heavy (non-hydrogen) atoms. The van der Waals surface area contributed by atoms with Crippen LogP contribution in [0.4, 0.5) is 4.39 Å². The standard InChI is InChI=1S/C12H10ClFN2O/c1-7-3-4-9(14)10(5-7)17-11-6-8(2)15-12(13)16-11/h3-6H,1-2H3. The highest BCUT2D eigenvalue weighted by Gasteiger charge is 2.07. The molecule has 0 radical (unpaired) electrons. The van der Waals surface area contributed by atoms with Crippen molar-refractivity contribution in [2.75, 3.05) is 0 Å². The monoisotopic (exact) mass is 252 g/mol. The Balaban J connectivity index is 2.34. The van der Waals surface area contributed by atoms with Gasteiger partial charge in [0, 0.05) is 11.8 Å². The summed E-state index contributed by atoms with van der Waals surface area (Å²) in [6.45, 7) is 3.61. The van der Waals surface area contributed by atoms with Gasteiger partial charge in [0.1, 0.15) is 0 Å². The molecule has 0 spiro atoms. The number of halogens is 2. The van der Waals surface area contributed by atoms with E-state index in [1.165, 1.54) is 6.07 Å². The van der Waals surface area contributed by atoms with Crippen LogP contribution in [0.25, 0.3) is 0 Å². The lowest BCUT2D eigenvalue weighted by Crippen LogP contribution is -1.94. The number of hydrogen-bond acceptors (Lipinski definition) is 3. The molecule has 0 saturated carbocycles. The zero-order valence-electron chi connectivity index (χ0n) is 9.37. The first-order chi connectivity index (χ1) is 8.04. The van der Waals surface area contributed by atoms with Gasteiger partial charge in [-0.2, -0.15) is 4.98 Å². The Morgan fingerprint density at radius 1 is 1.18 bits per heavy atom. The third-order valence-corrected chi connectivity index (χ3v) is 2.27. The Labute approximate surface area is 103 Å². The van der Waals surface area contributed by atoms with Gasteiger partial charge in [0.2, 0.25) is 11.2 Å².